The summed E-state index contributed by atoms with van der Waals surface area (Å²) in [5.41, 5.74) is 2.55. The zero-order chi connectivity index (χ0) is 15.3. The predicted octanol–water partition coefficient (Wildman–Crippen LogP) is 1.47. The van der Waals surface area contributed by atoms with Gasteiger partial charge < -0.3 is 10.5 Å². The van der Waals surface area contributed by atoms with Gasteiger partial charge in [0.25, 0.3) is 5.69 Å². The number of nitrogens with one attached hydrogen (secondary N) is 1. The van der Waals surface area contributed by atoms with Gasteiger partial charge in [0, 0.05) is 19.2 Å². The van der Waals surface area contributed by atoms with Crippen LogP contribution in [0.25, 0.3) is 0 Å². The van der Waals surface area contributed by atoms with Gasteiger partial charge in [-0.1, -0.05) is 13.0 Å². The van der Waals surface area contributed by atoms with Crippen LogP contribution in [0.2, 0.25) is 0 Å². The number of nitro benzene ring substituents is 1. The molecule has 0 amide bonds. The molecule has 0 unspecified atom stereocenters. The predicted molar refractivity (Wildman–Crippen MR) is 78.2 cm³/mol. The second-order valence-corrected chi connectivity index (χ2v) is 5.37. The van der Waals surface area contributed by atoms with Crippen LogP contribution in [0.5, 0.6) is 0 Å². The summed E-state index contributed by atoms with van der Waals surface area (Å²) in [5, 5.41) is 20.8. The molecular weight excluding hydrogens is 260 g/mol. The molecule has 0 fully saturated rings. The zero-order valence-corrected chi connectivity index (χ0v) is 12.1. The summed E-state index contributed by atoms with van der Waals surface area (Å²) in [4.78, 5) is 12.5. The van der Waals surface area contributed by atoms with Gasteiger partial charge in [0.2, 0.25) is 0 Å². The van der Waals surface area contributed by atoms with Crippen molar-refractivity contribution < 1.29 is 10.0 Å². The molecule has 0 radical (unpaired) electrons. The van der Waals surface area contributed by atoms with E-state index in [4.69, 9.17) is 5.84 Å². The molecule has 7 heteroatoms. The molecule has 1 aromatic carbocycles. The van der Waals surface area contributed by atoms with Crippen molar-refractivity contribution in [2.45, 2.75) is 32.9 Å². The standard InChI is InChI=1S/C13H22N4O3/c1-4-16(9-13(2,3)18)8-10-5-6-11(15-14)12(7-10)17(19)20/h5-7,15,18H,4,8-9,14H2,1-3H3. The third-order valence-electron chi connectivity index (χ3n) is 2.88. The van der Waals surface area contributed by atoms with Crippen LogP contribution in [0.3, 0.4) is 0 Å². The molecule has 0 aliphatic carbocycles. The smallest absolute Gasteiger partial charge is 0.293 e. The molecule has 0 heterocycles. The van der Waals surface area contributed by atoms with E-state index in [2.05, 4.69) is 5.43 Å². The van der Waals surface area contributed by atoms with Gasteiger partial charge >= 0.3 is 0 Å². The van der Waals surface area contributed by atoms with Crippen LogP contribution in [0.1, 0.15) is 26.3 Å². The molecule has 112 valence electrons. The Hall–Kier alpha value is -1.70. The van der Waals surface area contributed by atoms with E-state index in [1.54, 1.807) is 26.0 Å². The number of hydrogen-bond acceptors (Lipinski definition) is 6. The van der Waals surface area contributed by atoms with E-state index in [1.807, 2.05) is 11.8 Å². The van der Waals surface area contributed by atoms with Crippen LogP contribution in [0.15, 0.2) is 18.2 Å². The first-order valence-electron chi connectivity index (χ1n) is 6.45. The van der Waals surface area contributed by atoms with Gasteiger partial charge in [0.1, 0.15) is 5.69 Å². The fourth-order valence-corrected chi connectivity index (χ4v) is 2.03. The monoisotopic (exact) mass is 282 g/mol. The number of anilines is 1. The molecule has 0 atom stereocenters. The first kappa shape index (κ1) is 16.4. The maximum absolute atomic E-state index is 11.0. The molecule has 0 aromatic heterocycles. The van der Waals surface area contributed by atoms with E-state index in [0.717, 1.165) is 12.1 Å². The average molecular weight is 282 g/mol. The van der Waals surface area contributed by atoms with Crippen molar-refractivity contribution in [1.29, 1.82) is 0 Å². The Morgan fingerprint density at radius 3 is 2.60 bits per heavy atom. The van der Waals surface area contributed by atoms with E-state index in [0.29, 0.717) is 13.1 Å². The number of hydrazine groups is 1. The van der Waals surface area contributed by atoms with E-state index in [-0.39, 0.29) is 11.4 Å². The fraction of sp³-hybridized carbons (Fsp3) is 0.538. The van der Waals surface area contributed by atoms with Crippen molar-refractivity contribution in [3.8, 4) is 0 Å². The highest BCUT2D eigenvalue weighted by molar-refractivity contribution is 5.61. The van der Waals surface area contributed by atoms with Crippen molar-refractivity contribution in [2.75, 3.05) is 18.5 Å². The lowest BCUT2D eigenvalue weighted by Gasteiger charge is -2.28. The normalized spacial score (nSPS) is 11.7. The fourth-order valence-electron chi connectivity index (χ4n) is 2.03. The zero-order valence-electron chi connectivity index (χ0n) is 12.1. The van der Waals surface area contributed by atoms with Crippen LogP contribution in [0.4, 0.5) is 11.4 Å². The molecule has 0 aliphatic rings. The molecule has 0 aliphatic heterocycles. The maximum Gasteiger partial charge on any atom is 0.293 e. The lowest BCUT2D eigenvalue weighted by Crippen LogP contribution is -2.38. The minimum absolute atomic E-state index is 0.0516. The minimum atomic E-state index is -0.805. The Balaban J connectivity index is 2.91. The molecule has 20 heavy (non-hydrogen) atoms. The number of nitrogens with zero attached hydrogens (tertiary/aromatic N) is 2. The number of nitrogens with two attached hydrogens (primary N) is 1. The molecule has 0 bridgehead atoms. The van der Waals surface area contributed by atoms with Crippen LogP contribution in [0, 0.1) is 10.1 Å². The Labute approximate surface area is 118 Å². The van der Waals surface area contributed by atoms with E-state index >= 15 is 0 Å². The third kappa shape index (κ3) is 4.76. The van der Waals surface area contributed by atoms with Crippen LogP contribution in [-0.2, 0) is 6.54 Å². The molecule has 1 aromatic rings. The van der Waals surface area contributed by atoms with Gasteiger partial charge in [0.15, 0.2) is 0 Å². The lowest BCUT2D eigenvalue weighted by molar-refractivity contribution is -0.384. The van der Waals surface area contributed by atoms with Gasteiger partial charge in [-0.2, -0.15) is 0 Å². The summed E-state index contributed by atoms with van der Waals surface area (Å²) < 4.78 is 0. The summed E-state index contributed by atoms with van der Waals surface area (Å²) in [6, 6.07) is 4.88. The highest BCUT2D eigenvalue weighted by Crippen LogP contribution is 2.25. The number of rotatable bonds is 7. The van der Waals surface area contributed by atoms with E-state index in [9.17, 15) is 15.2 Å². The number of nitro groups is 1. The van der Waals surface area contributed by atoms with Gasteiger partial charge in [-0.3, -0.25) is 20.9 Å². The Morgan fingerprint density at radius 2 is 2.15 bits per heavy atom. The SMILES string of the molecule is CCN(Cc1ccc(NN)c([N+](=O)[O-])c1)CC(C)(C)O. The number of benzene rings is 1. The van der Waals surface area contributed by atoms with Crippen LogP contribution >= 0.6 is 0 Å². The summed E-state index contributed by atoms with van der Waals surface area (Å²) >= 11 is 0. The van der Waals surface area contributed by atoms with Gasteiger partial charge in [-0.15, -0.1) is 0 Å². The molecule has 4 N–H and O–H groups in total. The highest BCUT2D eigenvalue weighted by atomic mass is 16.6. The summed E-state index contributed by atoms with van der Waals surface area (Å²) in [5.74, 6) is 5.25. The van der Waals surface area contributed by atoms with Crippen molar-refractivity contribution in [1.82, 2.24) is 4.90 Å². The molecular formula is C13H22N4O3. The molecule has 1 rings (SSSR count). The Kier molecular flexibility index (Phi) is 5.43. The number of likely N-dealkylation sites (N-methyl/N-ethyl adjacent to an activating group) is 1. The third-order valence-corrected chi connectivity index (χ3v) is 2.88. The molecule has 7 nitrogen and oxygen atoms in total. The molecule has 0 spiro atoms. The second kappa shape index (κ2) is 6.65. The topological polar surface area (TPSA) is 105 Å². The number of aliphatic hydroxyl groups is 1. The first-order valence-corrected chi connectivity index (χ1v) is 6.45. The lowest BCUT2D eigenvalue weighted by atomic mass is 10.1. The van der Waals surface area contributed by atoms with Crippen molar-refractivity contribution in [3.63, 3.8) is 0 Å². The van der Waals surface area contributed by atoms with Gasteiger partial charge in [0.05, 0.1) is 10.5 Å². The first-order chi connectivity index (χ1) is 9.26. The van der Waals surface area contributed by atoms with E-state index < -0.39 is 10.5 Å². The minimum Gasteiger partial charge on any atom is -0.389 e. The van der Waals surface area contributed by atoms with Crippen molar-refractivity contribution in [2.24, 2.45) is 5.84 Å². The maximum atomic E-state index is 11.0. The Morgan fingerprint density at radius 1 is 1.50 bits per heavy atom. The summed E-state index contributed by atoms with van der Waals surface area (Å²) in [7, 11) is 0. The quantitative estimate of drug-likeness (QED) is 0.397. The summed E-state index contributed by atoms with van der Waals surface area (Å²) in [6.45, 7) is 7.23. The van der Waals surface area contributed by atoms with Crippen LogP contribution < -0.4 is 11.3 Å². The molecule has 0 saturated carbocycles. The number of nitrogen functional groups attached to an aromatic ring is 1. The van der Waals surface area contributed by atoms with E-state index in [1.165, 1.54) is 6.07 Å². The van der Waals surface area contributed by atoms with Crippen molar-refractivity contribution >= 4 is 11.4 Å². The highest BCUT2D eigenvalue weighted by Gasteiger charge is 2.19. The van der Waals surface area contributed by atoms with Crippen LogP contribution in [-0.4, -0.2) is 33.6 Å². The van der Waals surface area contributed by atoms with Gasteiger partial charge in [-0.05, 0) is 32.0 Å². The molecule has 0 saturated heterocycles. The van der Waals surface area contributed by atoms with Crippen molar-refractivity contribution in [3.05, 3.63) is 33.9 Å². The summed E-state index contributed by atoms with van der Waals surface area (Å²) in [6.07, 6.45) is 0. The Bertz CT molecular complexity index is 471. The number of hydrogen-bond donors (Lipinski definition) is 3. The van der Waals surface area contributed by atoms with Gasteiger partial charge in [-0.25, -0.2) is 0 Å². The average Bonchev–Trinajstić information content (AvgIpc) is 2.36. The largest absolute Gasteiger partial charge is 0.389 e. The second-order valence-electron chi connectivity index (χ2n) is 5.37.